The first-order chi connectivity index (χ1) is 45.5. The number of hydrogen-bond acceptors (Lipinski definition) is 15. The lowest BCUT2D eigenvalue weighted by atomic mass is 9.41. The van der Waals surface area contributed by atoms with Crippen LogP contribution in [-0.2, 0) is 47.7 Å². The minimum absolute atomic E-state index is 0.0504. The standard InChI is InChI=1S/C23H32O6.C23H34O4.C23H36O2.C12H18O3/c1-20-6-3-17-18(4-8-22(27)11-15(25)2-7-21(17,22)13-24)23(20,28)9-5-16(20)14-10-19(26)29-12-14;1-21-8-5-16(24)12-15(21)3-4-19-18(21)6-9-22(2)17(7-10-23(19,22)26)14-11-20(25)27-13-14;1-22-11-4-3-5-16(22)6-7-17-19-9-8-18(15-13-21(24)25-14-15)23(19,2)12-10-20(17)22;1-6-4-8-10(12(6,2)3)7-5-9(13)15-11(7)14-8/h10,13,15-18,25,27-28H,2-9,11-12H2,1H3;11,15-19,24,26H,3-10,12-13H2,1-2H3;15-20H,3-14H2,1-2H3;6-8,10-11H,4-5H2,1-3H3/t15-,16+,17?,18?,20+,21-,22-,23-;15-,16+,17-,18?,19?,21+,22-,23+;15-,16-,17-,18+,19-,20-,22-,23+;6-,7?,8-,10-,11?/m0100/s1. The largest absolute Gasteiger partial charge is 0.465 e. The molecule has 5 aliphatic heterocycles. The molecular weight excluding hydrogens is 1210 g/mol. The van der Waals surface area contributed by atoms with Crippen molar-refractivity contribution in [2.45, 2.75) is 296 Å². The fourth-order valence-electron chi connectivity index (χ4n) is 29.3. The van der Waals surface area contributed by atoms with E-state index in [1.165, 1.54) is 70.6 Å². The van der Waals surface area contributed by atoms with E-state index in [9.17, 15) is 49.5 Å². The van der Waals surface area contributed by atoms with Gasteiger partial charge in [0.1, 0.15) is 19.5 Å². The van der Waals surface area contributed by atoms with E-state index in [2.05, 4.69) is 55.4 Å². The lowest BCUT2D eigenvalue weighted by molar-refractivity contribution is -0.248. The smallest absolute Gasteiger partial charge is 0.331 e. The average Bonchev–Trinajstić information content (AvgIpc) is 1.16. The van der Waals surface area contributed by atoms with Crippen molar-refractivity contribution in [3.8, 4) is 0 Å². The van der Waals surface area contributed by atoms with Gasteiger partial charge >= 0.3 is 23.9 Å². The van der Waals surface area contributed by atoms with Crippen molar-refractivity contribution >= 4 is 30.2 Å². The van der Waals surface area contributed by atoms with Gasteiger partial charge in [-0.3, -0.25) is 9.59 Å². The van der Waals surface area contributed by atoms with Crippen LogP contribution < -0.4 is 0 Å². The zero-order chi connectivity index (χ0) is 67.7. The molecule has 18 rings (SSSR count). The topological polar surface area (TPSA) is 233 Å². The highest BCUT2D eigenvalue weighted by Gasteiger charge is 2.73. The Morgan fingerprint density at radius 3 is 1.73 bits per heavy atom. The first kappa shape index (κ1) is 68.6. The van der Waals surface area contributed by atoms with Crippen LogP contribution in [-0.4, -0.2) is 117 Å². The van der Waals surface area contributed by atoms with Crippen LogP contribution in [0.1, 0.15) is 254 Å². The molecule has 0 spiro atoms. The monoisotopic (exact) mass is 1330 g/mol. The predicted octanol–water partition coefficient (Wildman–Crippen LogP) is 13.1. The lowest BCUT2D eigenvalue weighted by Gasteiger charge is -2.65. The molecule has 0 bridgehead atoms. The summed E-state index contributed by atoms with van der Waals surface area (Å²) in [5.41, 5.74) is -0.335. The van der Waals surface area contributed by atoms with Crippen molar-refractivity contribution < 1.29 is 73.2 Å². The fourth-order valence-corrected chi connectivity index (χ4v) is 29.3. The van der Waals surface area contributed by atoms with Crippen LogP contribution >= 0.6 is 0 Å². The number of rotatable bonds is 4. The molecule has 16 fully saturated rings. The number of hydrogen-bond donors (Lipinski definition) is 5. The normalized spacial score (nSPS) is 54.1. The highest BCUT2D eigenvalue weighted by molar-refractivity contribution is 5.86. The van der Waals surface area contributed by atoms with Crippen LogP contribution in [0.3, 0.4) is 0 Å². The number of aliphatic hydroxyl groups excluding tert-OH is 2. The number of fused-ring (bicyclic) bond motifs is 18. The van der Waals surface area contributed by atoms with Crippen LogP contribution in [0, 0.1) is 133 Å². The van der Waals surface area contributed by atoms with Gasteiger partial charge in [-0.1, -0.05) is 68.2 Å². The van der Waals surface area contributed by atoms with Gasteiger partial charge in [-0.05, 0) is 283 Å². The van der Waals surface area contributed by atoms with Gasteiger partial charge in [0.2, 0.25) is 6.29 Å². The summed E-state index contributed by atoms with van der Waals surface area (Å²) in [7, 11) is 0. The quantitative estimate of drug-likeness (QED) is 0.100. The molecule has 0 aromatic carbocycles. The third-order valence-corrected chi connectivity index (χ3v) is 34.8. The summed E-state index contributed by atoms with van der Waals surface area (Å²) in [5.74, 6) is 7.89. The van der Waals surface area contributed by atoms with E-state index in [-0.39, 0.29) is 88.0 Å². The molecule has 15 heteroatoms. The molecule has 18 aliphatic rings. The van der Waals surface area contributed by atoms with Gasteiger partial charge in [0, 0.05) is 41.2 Å². The van der Waals surface area contributed by atoms with Crippen LogP contribution in [0.15, 0.2) is 23.3 Å². The summed E-state index contributed by atoms with van der Waals surface area (Å²) in [6, 6.07) is 0. The SMILES string of the molecule is C[C@H]1C[C@@H]2OC3OC(=O)CC3[C@@H]2C1(C)C.C[C@]12CCC3C(CC[C@]4(O)C[C@@H](O)CC[C@]34C=O)[C@@]1(O)CC[C@@H]2C1=CC(=O)OC1.C[C@]12CCCC[C@H]1CC[C@@H]1[C@@H]2CC[C@]2(C)[C@@H]([C@@H]3COC(=O)C3)CC[C@@H]12.C[C@]12CC[C@H](O)C[C@H]1CCC1C2CC[C@]2(C)[C@@H](C3=CC(=O)OC3)CC[C@]12O. The van der Waals surface area contributed by atoms with Crippen LogP contribution in [0.25, 0.3) is 0 Å². The third-order valence-electron chi connectivity index (χ3n) is 34.8. The lowest BCUT2D eigenvalue weighted by Crippen LogP contribution is -2.68. The molecule has 13 saturated carbocycles. The first-order valence-electron chi connectivity index (χ1n) is 39.2. The Hall–Kier alpha value is -3.21. The van der Waals surface area contributed by atoms with Crippen LogP contribution in [0.4, 0.5) is 0 Å². The van der Waals surface area contributed by atoms with E-state index < -0.39 is 28.3 Å². The van der Waals surface area contributed by atoms with Crippen molar-refractivity contribution in [3.63, 3.8) is 0 Å². The Balaban J connectivity index is 0.000000107. The van der Waals surface area contributed by atoms with E-state index >= 15 is 0 Å². The minimum atomic E-state index is -1.18. The molecule has 0 radical (unpaired) electrons. The van der Waals surface area contributed by atoms with Gasteiger partial charge in [-0.2, -0.15) is 0 Å². The maximum absolute atomic E-state index is 12.5. The highest BCUT2D eigenvalue weighted by Crippen LogP contribution is 2.74. The zero-order valence-electron chi connectivity index (χ0n) is 59.6. The summed E-state index contributed by atoms with van der Waals surface area (Å²) >= 11 is 0. The third kappa shape index (κ3) is 10.2. The maximum atomic E-state index is 12.5. The second-order valence-corrected chi connectivity index (χ2v) is 38.0. The second kappa shape index (κ2) is 24.2. The number of cyclic esters (lactones) is 3. The molecule has 534 valence electrons. The Morgan fingerprint density at radius 1 is 0.500 bits per heavy atom. The van der Waals surface area contributed by atoms with Crippen molar-refractivity contribution in [1.29, 1.82) is 0 Å². The van der Waals surface area contributed by atoms with E-state index in [4.69, 9.17) is 23.7 Å². The zero-order valence-corrected chi connectivity index (χ0v) is 59.6. The van der Waals surface area contributed by atoms with Crippen LogP contribution in [0.2, 0.25) is 0 Å². The minimum Gasteiger partial charge on any atom is -0.465 e. The summed E-state index contributed by atoms with van der Waals surface area (Å²) in [4.78, 5) is 58.7. The molecule has 29 atom stereocenters. The van der Waals surface area contributed by atoms with Gasteiger partial charge < -0.3 is 54.0 Å². The van der Waals surface area contributed by atoms with Crippen molar-refractivity contribution in [1.82, 2.24) is 0 Å². The molecule has 0 amide bonds. The number of ether oxygens (including phenoxy) is 5. The maximum Gasteiger partial charge on any atom is 0.331 e. The molecule has 0 aromatic rings. The van der Waals surface area contributed by atoms with Gasteiger partial charge in [0.15, 0.2) is 0 Å². The predicted molar refractivity (Wildman–Crippen MR) is 358 cm³/mol. The summed E-state index contributed by atoms with van der Waals surface area (Å²) < 4.78 is 26.7. The molecule has 13 aliphatic carbocycles. The van der Waals surface area contributed by atoms with Crippen molar-refractivity contribution in [2.24, 2.45) is 133 Å². The number of carbonyl (C=O) groups is 5. The Labute approximate surface area is 572 Å². The van der Waals surface area contributed by atoms with Gasteiger partial charge in [0.25, 0.3) is 0 Å². The molecule has 6 unspecified atom stereocenters. The van der Waals surface area contributed by atoms with E-state index in [0.717, 1.165) is 124 Å². The Bertz CT molecular complexity index is 3120. The van der Waals surface area contributed by atoms with Crippen LogP contribution in [0.5, 0.6) is 0 Å². The van der Waals surface area contributed by atoms with Gasteiger partial charge in [-0.15, -0.1) is 0 Å². The number of aldehydes is 1. The molecule has 5 N–H and O–H groups in total. The molecule has 5 heterocycles. The van der Waals surface area contributed by atoms with Crippen molar-refractivity contribution in [3.05, 3.63) is 23.3 Å². The molecular formula is C81H120O15. The highest BCUT2D eigenvalue weighted by atomic mass is 16.7. The summed E-state index contributed by atoms with van der Waals surface area (Å²) in [6.45, 7) is 20.5. The molecule has 96 heavy (non-hydrogen) atoms. The van der Waals surface area contributed by atoms with Gasteiger partial charge in [0.05, 0.1) is 60.0 Å². The number of carbonyl (C=O) groups excluding carboxylic acids is 5. The molecule has 3 saturated heterocycles. The van der Waals surface area contributed by atoms with E-state index in [1.54, 1.807) is 12.2 Å². The first-order valence-corrected chi connectivity index (χ1v) is 39.2. The van der Waals surface area contributed by atoms with Crippen molar-refractivity contribution in [2.75, 3.05) is 19.8 Å². The Morgan fingerprint density at radius 2 is 1.08 bits per heavy atom. The molecule has 15 nitrogen and oxygen atoms in total. The average molecular weight is 1330 g/mol. The van der Waals surface area contributed by atoms with E-state index in [0.29, 0.717) is 123 Å². The summed E-state index contributed by atoms with van der Waals surface area (Å²) in [5, 5.41) is 56.0. The second-order valence-electron chi connectivity index (χ2n) is 38.0. The molecule has 0 aromatic heterocycles. The number of esters is 4. The van der Waals surface area contributed by atoms with E-state index in [1.807, 2.05) is 0 Å². The number of aliphatic hydroxyl groups is 5. The Kier molecular flexibility index (Phi) is 17.3. The van der Waals surface area contributed by atoms with Gasteiger partial charge in [-0.25, -0.2) is 9.59 Å². The fraction of sp³-hybridized carbons (Fsp3) is 0.889. The summed E-state index contributed by atoms with van der Waals surface area (Å²) in [6.07, 6.45) is 35.2.